The number of alkyl halides is 3. The second-order valence-corrected chi connectivity index (χ2v) is 6.44. The van der Waals surface area contributed by atoms with E-state index in [0.717, 1.165) is 30.7 Å². The number of benzene rings is 1. The Morgan fingerprint density at radius 3 is 2.46 bits per heavy atom. The number of nitrogens with zero attached hydrogens (tertiary/aromatic N) is 1. The van der Waals surface area contributed by atoms with Crippen molar-refractivity contribution in [3.8, 4) is 0 Å². The predicted octanol–water partition coefficient (Wildman–Crippen LogP) is 5.10. The number of carbonyl (C=O) groups excluding carboxylic acids is 1. The van der Waals surface area contributed by atoms with Crippen LogP contribution >= 0.6 is 0 Å². The fourth-order valence-corrected chi connectivity index (χ4v) is 3.06. The molecule has 1 aliphatic rings. The first-order valence-corrected chi connectivity index (χ1v) is 8.63. The van der Waals surface area contributed by atoms with Crippen molar-refractivity contribution in [2.75, 3.05) is 10.6 Å². The van der Waals surface area contributed by atoms with Gasteiger partial charge >= 0.3 is 6.18 Å². The molecule has 0 atom stereocenters. The summed E-state index contributed by atoms with van der Waals surface area (Å²) >= 11 is 0. The lowest BCUT2D eigenvalue weighted by atomic mass is 9.95. The van der Waals surface area contributed by atoms with Gasteiger partial charge in [0, 0.05) is 11.7 Å². The molecule has 2 N–H and O–H groups in total. The van der Waals surface area contributed by atoms with Gasteiger partial charge in [0.15, 0.2) is 0 Å². The highest BCUT2D eigenvalue weighted by molar-refractivity contribution is 6.03. The third-order valence-electron chi connectivity index (χ3n) is 4.42. The van der Waals surface area contributed by atoms with Gasteiger partial charge in [-0.15, -0.1) is 0 Å². The Labute approximate surface area is 149 Å². The van der Waals surface area contributed by atoms with E-state index in [1.165, 1.54) is 31.4 Å². The van der Waals surface area contributed by atoms with Crippen LogP contribution in [-0.4, -0.2) is 16.9 Å². The number of hydrogen-bond acceptors (Lipinski definition) is 3. The van der Waals surface area contributed by atoms with Gasteiger partial charge in [0.05, 0.1) is 17.4 Å². The van der Waals surface area contributed by atoms with E-state index >= 15 is 0 Å². The molecule has 0 bridgehead atoms. The molecular weight excluding hydrogens is 343 g/mol. The van der Waals surface area contributed by atoms with Crippen LogP contribution < -0.4 is 10.6 Å². The zero-order valence-electron chi connectivity index (χ0n) is 14.1. The van der Waals surface area contributed by atoms with Crippen LogP contribution in [0.5, 0.6) is 0 Å². The number of amides is 1. The number of pyridine rings is 1. The second-order valence-electron chi connectivity index (χ2n) is 6.44. The predicted molar refractivity (Wildman–Crippen MR) is 94.1 cm³/mol. The first-order chi connectivity index (χ1) is 12.4. The summed E-state index contributed by atoms with van der Waals surface area (Å²) in [6.07, 6.45) is 3.06. The molecule has 138 valence electrons. The van der Waals surface area contributed by atoms with Crippen LogP contribution in [0.25, 0.3) is 0 Å². The maximum Gasteiger partial charge on any atom is 0.416 e. The van der Waals surface area contributed by atoms with Gasteiger partial charge in [-0.05, 0) is 43.2 Å². The van der Waals surface area contributed by atoms with Crippen LogP contribution in [0, 0.1) is 0 Å². The standard InChI is InChI=1S/C19H20F3N3O/c20-19(21,22)13-5-4-8-15(11-13)25-18(26)17-10-9-16(12-23-17)24-14-6-2-1-3-7-14/h4-5,8-12,14,24H,1-3,6-7H2,(H,25,26). The van der Waals surface area contributed by atoms with Gasteiger partial charge < -0.3 is 10.6 Å². The van der Waals surface area contributed by atoms with Crippen LogP contribution in [0.1, 0.15) is 48.2 Å². The summed E-state index contributed by atoms with van der Waals surface area (Å²) in [5.41, 5.74) is 0.260. The summed E-state index contributed by atoms with van der Waals surface area (Å²) in [5.74, 6) is -0.548. The summed E-state index contributed by atoms with van der Waals surface area (Å²) in [7, 11) is 0. The molecule has 0 spiro atoms. The quantitative estimate of drug-likeness (QED) is 0.795. The number of rotatable bonds is 4. The average Bonchev–Trinajstić information content (AvgIpc) is 2.63. The molecule has 1 saturated carbocycles. The SMILES string of the molecule is O=C(Nc1cccc(C(F)(F)F)c1)c1ccc(NC2CCCCC2)cn1. The maximum absolute atomic E-state index is 12.7. The maximum atomic E-state index is 12.7. The van der Waals surface area contributed by atoms with Crippen LogP contribution in [0.15, 0.2) is 42.6 Å². The topological polar surface area (TPSA) is 54.0 Å². The van der Waals surface area contributed by atoms with E-state index in [2.05, 4.69) is 15.6 Å². The number of aromatic nitrogens is 1. The van der Waals surface area contributed by atoms with Crippen molar-refractivity contribution >= 4 is 17.3 Å². The molecule has 3 rings (SSSR count). The lowest BCUT2D eigenvalue weighted by molar-refractivity contribution is -0.137. The third kappa shape index (κ3) is 4.74. The van der Waals surface area contributed by atoms with Crippen molar-refractivity contribution < 1.29 is 18.0 Å². The Hall–Kier alpha value is -2.57. The lowest BCUT2D eigenvalue weighted by Gasteiger charge is -2.23. The summed E-state index contributed by atoms with van der Waals surface area (Å²) in [4.78, 5) is 16.3. The minimum absolute atomic E-state index is 0.0797. The van der Waals surface area contributed by atoms with Crippen molar-refractivity contribution in [1.29, 1.82) is 0 Å². The van der Waals surface area contributed by atoms with E-state index in [-0.39, 0.29) is 11.4 Å². The highest BCUT2D eigenvalue weighted by Crippen LogP contribution is 2.30. The first-order valence-electron chi connectivity index (χ1n) is 8.63. The van der Waals surface area contributed by atoms with Crippen molar-refractivity contribution in [1.82, 2.24) is 4.98 Å². The largest absolute Gasteiger partial charge is 0.416 e. The van der Waals surface area contributed by atoms with Gasteiger partial charge in [-0.1, -0.05) is 25.3 Å². The van der Waals surface area contributed by atoms with Gasteiger partial charge in [-0.3, -0.25) is 4.79 Å². The molecule has 7 heteroatoms. The molecule has 1 heterocycles. The van der Waals surface area contributed by atoms with Crippen molar-refractivity contribution in [2.24, 2.45) is 0 Å². The molecule has 1 aromatic carbocycles. The average molecular weight is 363 g/mol. The fraction of sp³-hybridized carbons (Fsp3) is 0.368. The van der Waals surface area contributed by atoms with Gasteiger partial charge in [-0.25, -0.2) is 4.98 Å². The Balaban J connectivity index is 1.63. The van der Waals surface area contributed by atoms with Crippen LogP contribution in [-0.2, 0) is 6.18 Å². The van der Waals surface area contributed by atoms with E-state index in [1.807, 2.05) is 0 Å². The first kappa shape index (κ1) is 18.2. The Kier molecular flexibility index (Phi) is 5.44. The summed E-state index contributed by atoms with van der Waals surface area (Å²) in [6.45, 7) is 0. The highest BCUT2D eigenvalue weighted by atomic mass is 19.4. The molecule has 26 heavy (non-hydrogen) atoms. The van der Waals surface area contributed by atoms with Gasteiger partial charge in [0.1, 0.15) is 5.69 Å². The van der Waals surface area contributed by atoms with Crippen molar-refractivity contribution in [2.45, 2.75) is 44.3 Å². The molecule has 0 unspecified atom stereocenters. The molecule has 1 aliphatic carbocycles. The van der Waals surface area contributed by atoms with E-state index in [4.69, 9.17) is 0 Å². The van der Waals surface area contributed by atoms with E-state index < -0.39 is 17.6 Å². The molecule has 1 amide bonds. The number of anilines is 2. The van der Waals surface area contributed by atoms with E-state index in [9.17, 15) is 18.0 Å². The lowest BCUT2D eigenvalue weighted by Crippen LogP contribution is -2.22. The van der Waals surface area contributed by atoms with Gasteiger partial charge in [0.2, 0.25) is 0 Å². The zero-order chi connectivity index (χ0) is 18.6. The Morgan fingerprint density at radius 2 is 1.81 bits per heavy atom. The number of carbonyl (C=O) groups is 1. The Bertz CT molecular complexity index is 753. The molecule has 4 nitrogen and oxygen atoms in total. The summed E-state index contributed by atoms with van der Waals surface area (Å²) in [5, 5.41) is 5.85. The van der Waals surface area contributed by atoms with Crippen molar-refractivity contribution in [3.63, 3.8) is 0 Å². The highest BCUT2D eigenvalue weighted by Gasteiger charge is 2.30. The van der Waals surface area contributed by atoms with Crippen LogP contribution in [0.3, 0.4) is 0 Å². The van der Waals surface area contributed by atoms with Crippen LogP contribution in [0.4, 0.5) is 24.5 Å². The normalized spacial score (nSPS) is 15.5. The summed E-state index contributed by atoms with van der Waals surface area (Å²) in [6, 6.07) is 8.28. The van der Waals surface area contributed by atoms with E-state index in [1.54, 1.807) is 18.3 Å². The molecule has 0 radical (unpaired) electrons. The van der Waals surface area contributed by atoms with Gasteiger partial charge in [-0.2, -0.15) is 13.2 Å². The monoisotopic (exact) mass is 363 g/mol. The molecule has 0 aliphatic heterocycles. The molecule has 2 aromatic rings. The molecule has 1 fully saturated rings. The summed E-state index contributed by atoms with van der Waals surface area (Å²) < 4.78 is 38.2. The number of halogens is 3. The molecule has 1 aromatic heterocycles. The molecule has 0 saturated heterocycles. The van der Waals surface area contributed by atoms with Crippen LogP contribution in [0.2, 0.25) is 0 Å². The fourth-order valence-electron chi connectivity index (χ4n) is 3.06. The van der Waals surface area contributed by atoms with Crippen molar-refractivity contribution in [3.05, 3.63) is 53.9 Å². The third-order valence-corrected chi connectivity index (χ3v) is 4.42. The molecular formula is C19H20F3N3O. The number of nitrogens with one attached hydrogen (secondary N) is 2. The minimum Gasteiger partial charge on any atom is -0.381 e. The van der Waals surface area contributed by atoms with Gasteiger partial charge in [0.25, 0.3) is 5.91 Å². The second kappa shape index (κ2) is 7.76. The van der Waals surface area contributed by atoms with E-state index in [0.29, 0.717) is 6.04 Å². The Morgan fingerprint density at radius 1 is 1.04 bits per heavy atom. The minimum atomic E-state index is -4.45. The smallest absolute Gasteiger partial charge is 0.381 e. The zero-order valence-corrected chi connectivity index (χ0v) is 14.1. The number of hydrogen-bond donors (Lipinski definition) is 2.